The van der Waals surface area contributed by atoms with E-state index in [1.165, 1.54) is 29.7 Å². The third kappa shape index (κ3) is 4.18. The Labute approximate surface area is 178 Å². The van der Waals surface area contributed by atoms with Gasteiger partial charge >= 0.3 is 0 Å². The second-order valence-electron chi connectivity index (χ2n) is 8.44. The van der Waals surface area contributed by atoms with Gasteiger partial charge in [0.25, 0.3) is 0 Å². The van der Waals surface area contributed by atoms with Gasteiger partial charge in [0.05, 0.1) is 11.4 Å². The molecular formula is C23H30ClN5. The van der Waals surface area contributed by atoms with Crippen molar-refractivity contribution in [2.75, 3.05) is 27.2 Å². The molecule has 1 saturated heterocycles. The van der Waals surface area contributed by atoms with Crippen molar-refractivity contribution in [2.45, 2.75) is 45.2 Å². The van der Waals surface area contributed by atoms with E-state index in [2.05, 4.69) is 60.5 Å². The van der Waals surface area contributed by atoms with Crippen molar-refractivity contribution in [3.8, 4) is 0 Å². The summed E-state index contributed by atoms with van der Waals surface area (Å²) >= 11 is 6.04. The van der Waals surface area contributed by atoms with Crippen molar-refractivity contribution in [2.24, 2.45) is 0 Å². The first-order valence-corrected chi connectivity index (χ1v) is 10.8. The van der Waals surface area contributed by atoms with E-state index in [9.17, 15) is 0 Å². The first kappa shape index (κ1) is 20.3. The number of aryl methyl sites for hydroxylation is 1. The van der Waals surface area contributed by atoms with Crippen molar-refractivity contribution >= 4 is 17.2 Å². The van der Waals surface area contributed by atoms with E-state index in [0.717, 1.165) is 36.0 Å². The highest BCUT2D eigenvalue weighted by atomic mass is 35.5. The summed E-state index contributed by atoms with van der Waals surface area (Å²) in [7, 11) is 4.21. The van der Waals surface area contributed by atoms with E-state index in [-0.39, 0.29) is 6.04 Å². The number of likely N-dealkylation sites (tertiary alicyclic amines) is 1. The van der Waals surface area contributed by atoms with Crippen LogP contribution in [0.15, 0.2) is 36.5 Å². The Morgan fingerprint density at radius 3 is 2.69 bits per heavy atom. The van der Waals surface area contributed by atoms with E-state index in [4.69, 9.17) is 21.7 Å². The largest absolute Gasteiger partial charge is 0.302 e. The minimum Gasteiger partial charge on any atom is -0.302 e. The van der Waals surface area contributed by atoms with Crippen molar-refractivity contribution in [3.63, 3.8) is 0 Å². The van der Waals surface area contributed by atoms with Crippen molar-refractivity contribution in [1.29, 1.82) is 0 Å². The molecule has 4 rings (SSSR count). The van der Waals surface area contributed by atoms with Crippen molar-refractivity contribution in [3.05, 3.63) is 64.1 Å². The van der Waals surface area contributed by atoms with Gasteiger partial charge in [0.2, 0.25) is 0 Å². The third-order valence-corrected chi connectivity index (χ3v) is 6.46. The number of hydrogen-bond donors (Lipinski definition) is 0. The highest BCUT2D eigenvalue weighted by molar-refractivity contribution is 6.30. The summed E-state index contributed by atoms with van der Waals surface area (Å²) in [4.78, 5) is 9.46. The molecule has 0 aliphatic carbocycles. The van der Waals surface area contributed by atoms with Gasteiger partial charge in [-0.1, -0.05) is 23.7 Å². The van der Waals surface area contributed by atoms with Crippen LogP contribution in [0.3, 0.4) is 0 Å². The molecule has 29 heavy (non-hydrogen) atoms. The molecule has 3 aromatic rings. The molecule has 2 atom stereocenters. The molecule has 2 unspecified atom stereocenters. The molecule has 6 heteroatoms. The van der Waals surface area contributed by atoms with Crippen molar-refractivity contribution < 1.29 is 0 Å². The van der Waals surface area contributed by atoms with Crippen LogP contribution in [0, 0.1) is 6.92 Å². The van der Waals surface area contributed by atoms with Crippen LogP contribution in [0.2, 0.25) is 5.02 Å². The maximum absolute atomic E-state index is 6.04. The Kier molecular flexibility index (Phi) is 5.91. The van der Waals surface area contributed by atoms with Crippen LogP contribution in [-0.2, 0) is 6.54 Å². The lowest BCUT2D eigenvalue weighted by atomic mass is 9.94. The summed E-state index contributed by atoms with van der Waals surface area (Å²) in [6, 6.07) is 10.6. The molecule has 2 aromatic heterocycles. The number of nitrogens with zero attached hydrogens (tertiary/aromatic N) is 5. The van der Waals surface area contributed by atoms with E-state index < -0.39 is 0 Å². The molecule has 154 valence electrons. The molecular weight excluding hydrogens is 382 g/mol. The maximum atomic E-state index is 6.04. The molecule has 0 saturated carbocycles. The monoisotopic (exact) mass is 411 g/mol. The Morgan fingerprint density at radius 1 is 1.21 bits per heavy atom. The lowest BCUT2D eigenvalue weighted by Gasteiger charge is -2.33. The van der Waals surface area contributed by atoms with Crippen LogP contribution < -0.4 is 0 Å². The zero-order valence-corrected chi connectivity index (χ0v) is 18.5. The van der Waals surface area contributed by atoms with Gasteiger partial charge in [-0.2, -0.15) is 5.10 Å². The molecule has 0 bridgehead atoms. The SMILES string of the molecule is Cc1nn2c(C3CCCN(Cc4ccc(Cl)cc4)C3)ccnc2c1C(C)N(C)C. The number of benzene rings is 1. The van der Waals surface area contributed by atoms with Gasteiger partial charge in [0.1, 0.15) is 0 Å². The highest BCUT2D eigenvalue weighted by Crippen LogP contribution is 2.31. The highest BCUT2D eigenvalue weighted by Gasteiger charge is 2.26. The quantitative estimate of drug-likeness (QED) is 0.610. The molecule has 5 nitrogen and oxygen atoms in total. The van der Waals surface area contributed by atoms with E-state index >= 15 is 0 Å². The second-order valence-corrected chi connectivity index (χ2v) is 8.88. The molecule has 3 heterocycles. The molecule has 0 N–H and O–H groups in total. The third-order valence-electron chi connectivity index (χ3n) is 6.20. The van der Waals surface area contributed by atoms with Gasteiger partial charge in [-0.25, -0.2) is 9.50 Å². The molecule has 1 fully saturated rings. The Bertz CT molecular complexity index is 979. The summed E-state index contributed by atoms with van der Waals surface area (Å²) < 4.78 is 2.10. The minimum atomic E-state index is 0.281. The van der Waals surface area contributed by atoms with Crippen LogP contribution in [0.1, 0.15) is 54.2 Å². The fourth-order valence-corrected chi connectivity index (χ4v) is 4.56. The number of rotatable bonds is 5. The molecule has 0 amide bonds. The first-order valence-electron chi connectivity index (χ1n) is 10.4. The van der Waals surface area contributed by atoms with E-state index in [1.54, 1.807) is 0 Å². The number of halogens is 1. The van der Waals surface area contributed by atoms with Gasteiger partial charge in [0, 0.05) is 41.8 Å². The number of aromatic nitrogens is 3. The van der Waals surface area contributed by atoms with Crippen LogP contribution in [0.25, 0.3) is 5.65 Å². The Morgan fingerprint density at radius 2 is 1.97 bits per heavy atom. The first-order chi connectivity index (χ1) is 13.9. The topological polar surface area (TPSA) is 36.7 Å². The maximum Gasteiger partial charge on any atom is 0.160 e. The number of piperidine rings is 1. The lowest BCUT2D eigenvalue weighted by molar-refractivity contribution is 0.197. The molecule has 1 aromatic carbocycles. The fraction of sp³-hybridized carbons (Fsp3) is 0.478. The summed E-state index contributed by atoms with van der Waals surface area (Å²) in [5.41, 5.74) is 5.88. The van der Waals surface area contributed by atoms with Gasteiger partial charge in [-0.3, -0.25) is 4.90 Å². The zero-order chi connectivity index (χ0) is 20.5. The van der Waals surface area contributed by atoms with Gasteiger partial charge in [0.15, 0.2) is 5.65 Å². The summed E-state index contributed by atoms with van der Waals surface area (Å²) in [6.45, 7) is 7.45. The predicted octanol–water partition coefficient (Wildman–Crippen LogP) is 4.69. The van der Waals surface area contributed by atoms with Gasteiger partial charge < -0.3 is 4.90 Å². The smallest absolute Gasteiger partial charge is 0.160 e. The Balaban J connectivity index is 1.60. The molecule has 1 aliphatic rings. The van der Waals surface area contributed by atoms with E-state index in [0.29, 0.717) is 5.92 Å². The average Bonchev–Trinajstić information content (AvgIpc) is 3.05. The number of fused-ring (bicyclic) bond motifs is 1. The second kappa shape index (κ2) is 8.42. The van der Waals surface area contributed by atoms with Crippen molar-refractivity contribution in [1.82, 2.24) is 24.4 Å². The Hall–Kier alpha value is -1.95. The number of hydrogen-bond acceptors (Lipinski definition) is 4. The zero-order valence-electron chi connectivity index (χ0n) is 17.8. The van der Waals surface area contributed by atoms with Gasteiger partial charge in [-0.05, 0) is 71.1 Å². The summed E-state index contributed by atoms with van der Waals surface area (Å²) in [5.74, 6) is 0.461. The van der Waals surface area contributed by atoms with Crippen LogP contribution >= 0.6 is 11.6 Å². The molecule has 0 spiro atoms. The molecule has 0 radical (unpaired) electrons. The average molecular weight is 412 g/mol. The predicted molar refractivity (Wildman–Crippen MR) is 119 cm³/mol. The lowest BCUT2D eigenvalue weighted by Crippen LogP contribution is -2.34. The minimum absolute atomic E-state index is 0.281. The van der Waals surface area contributed by atoms with Crippen LogP contribution in [0.5, 0.6) is 0 Å². The summed E-state index contributed by atoms with van der Waals surface area (Å²) in [5, 5.41) is 5.70. The normalized spacial score (nSPS) is 19.2. The molecule has 1 aliphatic heterocycles. The van der Waals surface area contributed by atoms with Crippen LogP contribution in [0.4, 0.5) is 0 Å². The van der Waals surface area contributed by atoms with E-state index in [1.807, 2.05) is 18.3 Å². The van der Waals surface area contributed by atoms with Crippen LogP contribution in [-0.4, -0.2) is 51.6 Å². The standard InChI is InChI=1S/C23H30ClN5/c1-16-22(17(2)27(3)4)23-25-12-11-21(29(23)26-16)19-6-5-13-28(15-19)14-18-7-9-20(24)10-8-18/h7-12,17,19H,5-6,13-15H2,1-4H3. The van der Waals surface area contributed by atoms with Gasteiger partial charge in [-0.15, -0.1) is 0 Å². The fourth-order valence-electron chi connectivity index (χ4n) is 4.43. The summed E-state index contributed by atoms with van der Waals surface area (Å²) in [6.07, 6.45) is 4.34.